The van der Waals surface area contributed by atoms with Gasteiger partial charge in [0.05, 0.1) is 18.1 Å². The standard InChI is InChI=1S/C22H21ClFNO4S/c1-13-6-7-20-16(10-13)14(2)21(29-20)22(26)25(15-8-9-30(27,28)12-15)11-17-18(23)4-3-5-19(17)24/h3-7,10,15H,8-9,11-12H2,1-2H3/t15-/m0/s1. The molecular formula is C22H21ClFNO4S. The van der Waals surface area contributed by atoms with Gasteiger partial charge in [0, 0.05) is 27.6 Å². The Morgan fingerprint density at radius 3 is 2.70 bits per heavy atom. The topological polar surface area (TPSA) is 67.6 Å². The highest BCUT2D eigenvalue weighted by Gasteiger charge is 2.37. The van der Waals surface area contributed by atoms with Crippen molar-refractivity contribution in [2.45, 2.75) is 32.9 Å². The summed E-state index contributed by atoms with van der Waals surface area (Å²) in [5.74, 6) is -1.05. The molecule has 4 rings (SSSR count). The monoisotopic (exact) mass is 449 g/mol. The van der Waals surface area contributed by atoms with E-state index in [0.29, 0.717) is 17.6 Å². The number of aryl methyl sites for hydroxylation is 2. The zero-order valence-corrected chi connectivity index (χ0v) is 18.2. The molecule has 0 unspecified atom stereocenters. The molecule has 30 heavy (non-hydrogen) atoms. The van der Waals surface area contributed by atoms with Gasteiger partial charge < -0.3 is 9.32 Å². The minimum Gasteiger partial charge on any atom is -0.451 e. The molecule has 1 amide bonds. The second kappa shape index (κ2) is 7.71. The maximum absolute atomic E-state index is 14.4. The number of rotatable bonds is 4. The van der Waals surface area contributed by atoms with Crippen LogP contribution in [0.5, 0.6) is 0 Å². The van der Waals surface area contributed by atoms with Gasteiger partial charge in [-0.3, -0.25) is 4.79 Å². The number of carbonyl (C=O) groups excluding carboxylic acids is 1. The van der Waals surface area contributed by atoms with Gasteiger partial charge in [0.1, 0.15) is 11.4 Å². The molecule has 1 aliphatic heterocycles. The summed E-state index contributed by atoms with van der Waals surface area (Å²) < 4.78 is 44.4. The van der Waals surface area contributed by atoms with Gasteiger partial charge in [0.25, 0.3) is 5.91 Å². The van der Waals surface area contributed by atoms with Crippen LogP contribution in [-0.4, -0.2) is 36.8 Å². The van der Waals surface area contributed by atoms with E-state index >= 15 is 0 Å². The number of benzene rings is 2. The summed E-state index contributed by atoms with van der Waals surface area (Å²) in [7, 11) is -3.26. The molecule has 0 aliphatic carbocycles. The molecule has 1 saturated heterocycles. The highest BCUT2D eigenvalue weighted by Crippen LogP contribution is 2.31. The largest absolute Gasteiger partial charge is 0.451 e. The number of sulfone groups is 1. The second-order valence-corrected chi connectivity index (χ2v) is 10.4. The van der Waals surface area contributed by atoms with E-state index in [0.717, 1.165) is 10.9 Å². The molecule has 0 saturated carbocycles. The molecule has 1 aliphatic rings. The Hall–Kier alpha value is -2.38. The molecular weight excluding hydrogens is 429 g/mol. The quantitative estimate of drug-likeness (QED) is 0.580. The van der Waals surface area contributed by atoms with Crippen LogP contribution in [0, 0.1) is 19.7 Å². The first kappa shape index (κ1) is 20.9. The summed E-state index contributed by atoms with van der Waals surface area (Å²) in [6, 6.07) is 9.34. The maximum atomic E-state index is 14.4. The minimum atomic E-state index is -3.26. The van der Waals surface area contributed by atoms with Crippen molar-refractivity contribution in [2.75, 3.05) is 11.5 Å². The molecule has 0 radical (unpaired) electrons. The van der Waals surface area contributed by atoms with Gasteiger partial charge in [-0.2, -0.15) is 0 Å². The lowest BCUT2D eigenvalue weighted by molar-refractivity contribution is 0.0647. The van der Waals surface area contributed by atoms with Crippen LogP contribution in [0.4, 0.5) is 4.39 Å². The summed E-state index contributed by atoms with van der Waals surface area (Å²) in [6.07, 6.45) is 0.290. The highest BCUT2D eigenvalue weighted by molar-refractivity contribution is 7.91. The number of amides is 1. The van der Waals surface area contributed by atoms with Crippen LogP contribution in [0.15, 0.2) is 40.8 Å². The van der Waals surface area contributed by atoms with Crippen LogP contribution >= 0.6 is 11.6 Å². The van der Waals surface area contributed by atoms with E-state index in [1.165, 1.54) is 17.0 Å². The van der Waals surface area contributed by atoms with Crippen molar-refractivity contribution < 1.29 is 22.0 Å². The lowest BCUT2D eigenvalue weighted by atomic mass is 10.1. The van der Waals surface area contributed by atoms with Gasteiger partial charge in [-0.05, 0) is 44.5 Å². The van der Waals surface area contributed by atoms with Crippen molar-refractivity contribution in [3.8, 4) is 0 Å². The molecule has 8 heteroatoms. The van der Waals surface area contributed by atoms with Gasteiger partial charge in [0.2, 0.25) is 0 Å². The average molecular weight is 450 g/mol. The Bertz CT molecular complexity index is 1230. The summed E-state index contributed by atoms with van der Waals surface area (Å²) in [4.78, 5) is 14.9. The first-order chi connectivity index (χ1) is 14.2. The average Bonchev–Trinajstić information content (AvgIpc) is 3.20. The van der Waals surface area contributed by atoms with Gasteiger partial charge >= 0.3 is 0 Å². The van der Waals surface area contributed by atoms with Crippen LogP contribution in [0.25, 0.3) is 11.0 Å². The number of halogens is 2. The molecule has 0 N–H and O–H groups in total. The molecule has 1 aromatic heterocycles. The van der Waals surface area contributed by atoms with E-state index in [1.807, 2.05) is 19.1 Å². The summed E-state index contributed by atoms with van der Waals surface area (Å²) in [5, 5.41) is 1.01. The van der Waals surface area contributed by atoms with Crippen molar-refractivity contribution in [2.24, 2.45) is 0 Å². The third-order valence-corrected chi connectivity index (χ3v) is 7.69. The summed E-state index contributed by atoms with van der Waals surface area (Å²) in [5.41, 5.74) is 2.43. The zero-order chi connectivity index (χ0) is 21.6. The van der Waals surface area contributed by atoms with Crippen LogP contribution in [0.3, 0.4) is 0 Å². The van der Waals surface area contributed by atoms with Crippen molar-refractivity contribution in [3.63, 3.8) is 0 Å². The Labute approximate surface area is 179 Å². The number of hydrogen-bond donors (Lipinski definition) is 0. The Morgan fingerprint density at radius 1 is 1.27 bits per heavy atom. The Morgan fingerprint density at radius 2 is 2.03 bits per heavy atom. The number of nitrogens with zero attached hydrogens (tertiary/aromatic N) is 1. The van der Waals surface area contributed by atoms with Crippen LogP contribution in [0.2, 0.25) is 5.02 Å². The van der Waals surface area contributed by atoms with E-state index < -0.39 is 27.6 Å². The predicted molar refractivity (Wildman–Crippen MR) is 114 cm³/mol. The first-order valence-corrected chi connectivity index (χ1v) is 11.8. The maximum Gasteiger partial charge on any atom is 0.290 e. The summed E-state index contributed by atoms with van der Waals surface area (Å²) >= 11 is 6.18. The second-order valence-electron chi connectivity index (χ2n) is 7.75. The molecule has 0 spiro atoms. The fourth-order valence-electron chi connectivity index (χ4n) is 3.91. The first-order valence-electron chi connectivity index (χ1n) is 9.60. The van der Waals surface area contributed by atoms with Gasteiger partial charge in [-0.1, -0.05) is 29.3 Å². The fraction of sp³-hybridized carbons (Fsp3) is 0.318. The normalized spacial score (nSPS) is 18.1. The summed E-state index contributed by atoms with van der Waals surface area (Å²) in [6.45, 7) is 3.60. The van der Waals surface area contributed by atoms with E-state index in [1.54, 1.807) is 19.1 Å². The van der Waals surface area contributed by atoms with Gasteiger partial charge in [0.15, 0.2) is 15.6 Å². The molecule has 2 aromatic carbocycles. The highest BCUT2D eigenvalue weighted by atomic mass is 35.5. The van der Waals surface area contributed by atoms with Crippen molar-refractivity contribution >= 4 is 38.3 Å². The molecule has 1 fully saturated rings. The molecule has 0 bridgehead atoms. The lowest BCUT2D eigenvalue weighted by Gasteiger charge is -2.28. The number of carbonyl (C=O) groups is 1. The predicted octanol–water partition coefficient (Wildman–Crippen LogP) is 4.67. The van der Waals surface area contributed by atoms with E-state index in [4.69, 9.17) is 16.0 Å². The third kappa shape index (κ3) is 3.84. The molecule has 2 heterocycles. The lowest BCUT2D eigenvalue weighted by Crippen LogP contribution is -2.41. The van der Waals surface area contributed by atoms with E-state index in [9.17, 15) is 17.6 Å². The van der Waals surface area contributed by atoms with Crippen LogP contribution in [0.1, 0.15) is 33.7 Å². The Balaban J connectivity index is 1.77. The number of hydrogen-bond acceptors (Lipinski definition) is 4. The minimum absolute atomic E-state index is 0.00917. The molecule has 5 nitrogen and oxygen atoms in total. The SMILES string of the molecule is Cc1ccc2oc(C(=O)N(Cc3c(F)cccc3Cl)[C@H]3CCS(=O)(=O)C3)c(C)c2c1. The van der Waals surface area contributed by atoms with Crippen molar-refractivity contribution in [1.29, 1.82) is 0 Å². The Kier molecular flexibility index (Phi) is 5.36. The zero-order valence-electron chi connectivity index (χ0n) is 16.6. The van der Waals surface area contributed by atoms with Crippen molar-refractivity contribution in [3.05, 3.63) is 69.7 Å². The van der Waals surface area contributed by atoms with E-state index in [2.05, 4.69) is 0 Å². The third-order valence-electron chi connectivity index (χ3n) is 5.59. The van der Waals surface area contributed by atoms with Gasteiger partial charge in [-0.15, -0.1) is 0 Å². The number of furan rings is 1. The van der Waals surface area contributed by atoms with Crippen LogP contribution in [-0.2, 0) is 16.4 Å². The molecule has 158 valence electrons. The van der Waals surface area contributed by atoms with E-state index in [-0.39, 0.29) is 34.4 Å². The number of fused-ring (bicyclic) bond motifs is 1. The van der Waals surface area contributed by atoms with Gasteiger partial charge in [-0.25, -0.2) is 12.8 Å². The molecule has 1 atom stereocenters. The smallest absolute Gasteiger partial charge is 0.290 e. The van der Waals surface area contributed by atoms with Crippen LogP contribution < -0.4 is 0 Å². The fourth-order valence-corrected chi connectivity index (χ4v) is 5.86. The van der Waals surface area contributed by atoms with Crippen molar-refractivity contribution in [1.82, 2.24) is 4.90 Å². The molecule has 3 aromatic rings.